The summed E-state index contributed by atoms with van der Waals surface area (Å²) in [6.45, 7) is 0. The van der Waals surface area contributed by atoms with E-state index in [2.05, 4.69) is 20.9 Å². The van der Waals surface area contributed by atoms with Gasteiger partial charge in [-0.05, 0) is 6.07 Å². The summed E-state index contributed by atoms with van der Waals surface area (Å²) in [5, 5.41) is 0.105. The van der Waals surface area contributed by atoms with Crippen molar-refractivity contribution in [3.63, 3.8) is 0 Å². The number of aromatic nitrogens is 1. The molecular weight excluding hydrogens is 270 g/mol. The number of pyridine rings is 1. The molecule has 1 heterocycles. The molecule has 0 bridgehead atoms. The molecule has 0 spiro atoms. The number of nitrogens with zero attached hydrogens (tertiary/aromatic N) is 1. The average molecular weight is 274 g/mol. The Balaban J connectivity index is 3.20. The van der Waals surface area contributed by atoms with Gasteiger partial charge >= 0.3 is 0 Å². The zero-order valence-electron chi connectivity index (χ0n) is 6.20. The molecule has 1 aromatic rings. The van der Waals surface area contributed by atoms with Crippen molar-refractivity contribution < 1.29 is 13.2 Å². The van der Waals surface area contributed by atoms with E-state index in [-0.39, 0.29) is 15.9 Å². The topological polar surface area (TPSA) is 12.9 Å². The molecule has 0 N–H and O–H groups in total. The fourth-order valence-corrected chi connectivity index (χ4v) is 1.71. The van der Waals surface area contributed by atoms with Crippen LogP contribution in [0.3, 0.4) is 0 Å². The van der Waals surface area contributed by atoms with Gasteiger partial charge in [-0.3, -0.25) is 0 Å². The third kappa shape index (κ3) is 2.34. The molecule has 6 heteroatoms. The van der Waals surface area contributed by atoms with Crippen molar-refractivity contribution in [2.75, 3.05) is 0 Å². The average Bonchev–Trinajstić information content (AvgIpc) is 2.03. The predicted molar refractivity (Wildman–Crippen MR) is 46.8 cm³/mol. The number of hydrogen-bond acceptors (Lipinski definition) is 1. The summed E-state index contributed by atoms with van der Waals surface area (Å²) in [6.07, 6.45) is -2.81. The number of halogens is 5. The number of alkyl halides is 3. The summed E-state index contributed by atoms with van der Waals surface area (Å²) in [4.78, 5) is 3.07. The lowest BCUT2D eigenvalue weighted by Gasteiger charge is -2.04. The van der Waals surface area contributed by atoms with Crippen LogP contribution in [0, 0.1) is 5.95 Å². The van der Waals surface area contributed by atoms with Crippen LogP contribution in [0.2, 0.25) is 5.02 Å². The molecule has 0 amide bonds. The number of hydrogen-bond donors (Lipinski definition) is 0. The Labute approximate surface area is 86.0 Å². The Morgan fingerprint density at radius 2 is 2.15 bits per heavy atom. The quantitative estimate of drug-likeness (QED) is 0.592. The van der Waals surface area contributed by atoms with E-state index < -0.39 is 18.1 Å². The lowest BCUT2D eigenvalue weighted by atomic mass is 10.2. The highest BCUT2D eigenvalue weighted by atomic mass is 79.9. The van der Waals surface area contributed by atoms with Crippen LogP contribution in [0.5, 0.6) is 0 Å². The molecule has 0 aliphatic carbocycles. The maximum absolute atomic E-state index is 12.9. The molecule has 0 aliphatic heterocycles. The van der Waals surface area contributed by atoms with Gasteiger partial charge in [0.05, 0.1) is 5.02 Å². The minimum Gasteiger partial charge on any atom is -0.218 e. The zero-order valence-corrected chi connectivity index (χ0v) is 8.54. The molecular formula is C7H4BrClF3N. The fourth-order valence-electron chi connectivity index (χ4n) is 0.759. The van der Waals surface area contributed by atoms with Crippen molar-refractivity contribution in [1.82, 2.24) is 4.98 Å². The first-order valence-corrected chi connectivity index (χ1v) is 4.75. The highest BCUT2D eigenvalue weighted by Gasteiger charge is 2.15. The third-order valence-corrected chi connectivity index (χ3v) is 2.29. The lowest BCUT2D eigenvalue weighted by Crippen LogP contribution is -1.98. The summed E-state index contributed by atoms with van der Waals surface area (Å²) in [6, 6.07) is 0.964. The Bertz CT molecular complexity index is 296. The second-order valence-corrected chi connectivity index (χ2v) is 3.20. The van der Waals surface area contributed by atoms with Crippen LogP contribution in [0.25, 0.3) is 0 Å². The monoisotopic (exact) mass is 273 g/mol. The van der Waals surface area contributed by atoms with Crippen LogP contribution in [-0.4, -0.2) is 4.98 Å². The van der Waals surface area contributed by atoms with Gasteiger partial charge in [0.1, 0.15) is 5.69 Å². The molecule has 1 aromatic heterocycles. The molecule has 0 aliphatic rings. The van der Waals surface area contributed by atoms with Crippen LogP contribution in [0.15, 0.2) is 6.07 Å². The molecule has 0 aromatic carbocycles. The van der Waals surface area contributed by atoms with Gasteiger partial charge in [0.2, 0.25) is 5.95 Å². The molecule has 0 saturated heterocycles. The van der Waals surface area contributed by atoms with E-state index in [0.29, 0.717) is 0 Å². The van der Waals surface area contributed by atoms with Gasteiger partial charge in [0.25, 0.3) is 6.43 Å². The summed E-state index contributed by atoms with van der Waals surface area (Å²) < 4.78 is 37.0. The van der Waals surface area contributed by atoms with Crippen molar-refractivity contribution >= 4 is 27.5 Å². The molecule has 1 nitrogen and oxygen atoms in total. The van der Waals surface area contributed by atoms with Gasteiger partial charge in [-0.2, -0.15) is 4.39 Å². The molecule has 0 unspecified atom stereocenters. The second kappa shape index (κ2) is 4.28. The van der Waals surface area contributed by atoms with Gasteiger partial charge in [0, 0.05) is 10.9 Å². The standard InChI is InChI=1S/C7H4BrClF3N/c8-2-3-4(9)1-5(6(10)11)13-7(3)12/h1,6H,2H2. The minimum absolute atomic E-state index is 0.0420. The molecule has 72 valence electrons. The Morgan fingerprint density at radius 3 is 2.54 bits per heavy atom. The van der Waals surface area contributed by atoms with E-state index in [9.17, 15) is 13.2 Å². The van der Waals surface area contributed by atoms with Crippen molar-refractivity contribution in [3.8, 4) is 0 Å². The molecule has 0 radical (unpaired) electrons. The van der Waals surface area contributed by atoms with E-state index in [1.807, 2.05) is 0 Å². The van der Waals surface area contributed by atoms with Crippen LogP contribution in [-0.2, 0) is 5.33 Å². The van der Waals surface area contributed by atoms with Crippen molar-refractivity contribution in [1.29, 1.82) is 0 Å². The van der Waals surface area contributed by atoms with Crippen molar-refractivity contribution in [2.45, 2.75) is 11.8 Å². The van der Waals surface area contributed by atoms with E-state index in [4.69, 9.17) is 11.6 Å². The van der Waals surface area contributed by atoms with Gasteiger partial charge < -0.3 is 0 Å². The SMILES string of the molecule is Fc1nc(C(F)F)cc(Cl)c1CBr. The maximum atomic E-state index is 12.9. The smallest absolute Gasteiger partial charge is 0.218 e. The highest BCUT2D eigenvalue weighted by molar-refractivity contribution is 9.08. The van der Waals surface area contributed by atoms with E-state index in [1.165, 1.54) is 0 Å². The van der Waals surface area contributed by atoms with Crippen LogP contribution < -0.4 is 0 Å². The Hall–Kier alpha value is -0.290. The van der Waals surface area contributed by atoms with Crippen LogP contribution in [0.1, 0.15) is 17.7 Å². The van der Waals surface area contributed by atoms with E-state index in [1.54, 1.807) is 0 Å². The van der Waals surface area contributed by atoms with Crippen LogP contribution >= 0.6 is 27.5 Å². The van der Waals surface area contributed by atoms with E-state index in [0.717, 1.165) is 6.07 Å². The van der Waals surface area contributed by atoms with Gasteiger partial charge in [0.15, 0.2) is 0 Å². The molecule has 13 heavy (non-hydrogen) atoms. The minimum atomic E-state index is -2.81. The summed E-state index contributed by atoms with van der Waals surface area (Å²) in [5.74, 6) is -0.959. The third-order valence-electron chi connectivity index (χ3n) is 1.40. The molecule has 0 atom stereocenters. The molecule has 1 rings (SSSR count). The first-order chi connectivity index (χ1) is 6.06. The highest BCUT2D eigenvalue weighted by Crippen LogP contribution is 2.26. The second-order valence-electron chi connectivity index (χ2n) is 2.23. The lowest BCUT2D eigenvalue weighted by molar-refractivity contribution is 0.144. The Morgan fingerprint density at radius 1 is 1.54 bits per heavy atom. The summed E-state index contributed by atoms with van der Waals surface area (Å²) in [7, 11) is 0. The van der Waals surface area contributed by atoms with Crippen molar-refractivity contribution in [2.24, 2.45) is 0 Å². The first-order valence-electron chi connectivity index (χ1n) is 3.25. The predicted octanol–water partition coefficient (Wildman–Crippen LogP) is 3.71. The Kier molecular flexibility index (Phi) is 3.55. The molecule has 0 fully saturated rings. The molecule has 0 saturated carbocycles. The summed E-state index contributed by atoms with van der Waals surface area (Å²) >= 11 is 8.50. The normalized spacial score (nSPS) is 10.9. The van der Waals surface area contributed by atoms with Crippen LogP contribution in [0.4, 0.5) is 13.2 Å². The first kappa shape index (κ1) is 10.8. The van der Waals surface area contributed by atoms with Gasteiger partial charge in [-0.15, -0.1) is 0 Å². The summed E-state index contributed by atoms with van der Waals surface area (Å²) in [5.41, 5.74) is -0.557. The zero-order chi connectivity index (χ0) is 10.0. The van der Waals surface area contributed by atoms with Gasteiger partial charge in [-0.25, -0.2) is 13.8 Å². The van der Waals surface area contributed by atoms with Gasteiger partial charge in [-0.1, -0.05) is 27.5 Å². The number of rotatable bonds is 2. The maximum Gasteiger partial charge on any atom is 0.280 e. The van der Waals surface area contributed by atoms with E-state index >= 15 is 0 Å². The fraction of sp³-hybridized carbons (Fsp3) is 0.286. The largest absolute Gasteiger partial charge is 0.280 e. The van der Waals surface area contributed by atoms with Crippen molar-refractivity contribution in [3.05, 3.63) is 28.3 Å².